The number of unbranched alkanes of at least 4 members (excludes halogenated alkanes) is 1. The minimum absolute atomic E-state index is 0.311. The third-order valence-corrected chi connectivity index (χ3v) is 2.45. The summed E-state index contributed by atoms with van der Waals surface area (Å²) in [5, 5.41) is 11.8. The van der Waals surface area contributed by atoms with E-state index in [1.165, 1.54) is 0 Å². The maximum atomic E-state index is 10.5. The molecular formula is C11H19N3O2. The average Bonchev–Trinajstić information content (AvgIpc) is 2.75. The van der Waals surface area contributed by atoms with Gasteiger partial charge in [0.1, 0.15) is 0 Å². The van der Waals surface area contributed by atoms with Crippen molar-refractivity contribution in [3.63, 3.8) is 0 Å². The summed E-state index contributed by atoms with van der Waals surface area (Å²) in [5.74, 6) is -1.06. The van der Waals surface area contributed by atoms with Gasteiger partial charge in [-0.2, -0.15) is 0 Å². The maximum Gasteiger partial charge on any atom is 0.307 e. The van der Waals surface area contributed by atoms with E-state index in [9.17, 15) is 4.79 Å². The molecule has 5 nitrogen and oxygen atoms in total. The van der Waals surface area contributed by atoms with Gasteiger partial charge in [-0.05, 0) is 19.4 Å². The molecule has 0 aliphatic carbocycles. The lowest BCUT2D eigenvalue weighted by Crippen LogP contribution is -2.27. The fraction of sp³-hybridized carbons (Fsp3) is 0.636. The molecular weight excluding hydrogens is 206 g/mol. The van der Waals surface area contributed by atoms with E-state index in [-0.39, 0.29) is 5.92 Å². The number of imidazole rings is 1. The Bertz CT molecular complexity index is 298. The molecule has 0 saturated carbocycles. The van der Waals surface area contributed by atoms with Gasteiger partial charge in [-0.15, -0.1) is 0 Å². The predicted octanol–water partition coefficient (Wildman–Crippen LogP) is 0.974. The van der Waals surface area contributed by atoms with Gasteiger partial charge in [-0.3, -0.25) is 4.79 Å². The summed E-state index contributed by atoms with van der Waals surface area (Å²) < 4.78 is 2.04. The summed E-state index contributed by atoms with van der Waals surface area (Å²) in [6.45, 7) is 4.09. The number of carboxylic acids is 1. The van der Waals surface area contributed by atoms with Crippen LogP contribution in [0.1, 0.15) is 19.8 Å². The van der Waals surface area contributed by atoms with E-state index in [0.717, 1.165) is 25.9 Å². The van der Waals surface area contributed by atoms with Crippen molar-refractivity contribution in [2.45, 2.75) is 26.3 Å². The minimum Gasteiger partial charge on any atom is -0.481 e. The molecule has 0 aliphatic rings. The molecule has 1 atom stereocenters. The maximum absolute atomic E-state index is 10.5. The molecule has 1 unspecified atom stereocenters. The highest BCUT2D eigenvalue weighted by molar-refractivity contribution is 5.69. The molecule has 1 rings (SSSR count). The fourth-order valence-corrected chi connectivity index (χ4v) is 1.37. The number of aliphatic carboxylic acids is 1. The monoisotopic (exact) mass is 225 g/mol. The van der Waals surface area contributed by atoms with Gasteiger partial charge >= 0.3 is 5.97 Å². The van der Waals surface area contributed by atoms with Gasteiger partial charge in [0.2, 0.25) is 0 Å². The van der Waals surface area contributed by atoms with Crippen LogP contribution in [0.15, 0.2) is 18.7 Å². The third-order valence-electron chi connectivity index (χ3n) is 2.45. The number of nitrogens with zero attached hydrogens (tertiary/aromatic N) is 2. The molecule has 0 saturated heterocycles. The molecule has 5 heteroatoms. The quantitative estimate of drug-likeness (QED) is 0.647. The van der Waals surface area contributed by atoms with Crippen molar-refractivity contribution < 1.29 is 9.90 Å². The summed E-state index contributed by atoms with van der Waals surface area (Å²) in [4.78, 5) is 14.5. The van der Waals surface area contributed by atoms with Crippen LogP contribution in [0.4, 0.5) is 0 Å². The largest absolute Gasteiger partial charge is 0.481 e. The van der Waals surface area contributed by atoms with E-state index in [1.807, 2.05) is 10.8 Å². The van der Waals surface area contributed by atoms with Crippen molar-refractivity contribution in [1.29, 1.82) is 0 Å². The van der Waals surface area contributed by atoms with Gasteiger partial charge in [-0.1, -0.05) is 6.92 Å². The fourth-order valence-electron chi connectivity index (χ4n) is 1.37. The first-order valence-electron chi connectivity index (χ1n) is 5.59. The summed E-state index contributed by atoms with van der Waals surface area (Å²) in [7, 11) is 0. The van der Waals surface area contributed by atoms with Crippen LogP contribution in [0.3, 0.4) is 0 Å². The predicted molar refractivity (Wildman–Crippen MR) is 61.1 cm³/mol. The first-order valence-corrected chi connectivity index (χ1v) is 5.59. The van der Waals surface area contributed by atoms with Gasteiger partial charge in [-0.25, -0.2) is 4.98 Å². The highest BCUT2D eigenvalue weighted by Crippen LogP contribution is 1.95. The van der Waals surface area contributed by atoms with Crippen LogP contribution in [0.5, 0.6) is 0 Å². The number of carboxylic acid groups (broad SMARTS) is 1. The zero-order valence-corrected chi connectivity index (χ0v) is 9.59. The second-order valence-electron chi connectivity index (χ2n) is 3.95. The Labute approximate surface area is 95.5 Å². The van der Waals surface area contributed by atoms with Crippen LogP contribution < -0.4 is 5.32 Å². The number of aromatic nitrogens is 2. The topological polar surface area (TPSA) is 67.2 Å². The molecule has 0 fully saturated rings. The van der Waals surface area contributed by atoms with Crippen LogP contribution in [0.2, 0.25) is 0 Å². The molecule has 1 aromatic heterocycles. The molecule has 16 heavy (non-hydrogen) atoms. The van der Waals surface area contributed by atoms with E-state index in [2.05, 4.69) is 10.3 Å². The first kappa shape index (κ1) is 12.7. The number of nitrogens with one attached hydrogen (secondary N) is 1. The number of carbonyl (C=O) groups is 1. The van der Waals surface area contributed by atoms with Crippen LogP contribution in [-0.4, -0.2) is 33.7 Å². The summed E-state index contributed by atoms with van der Waals surface area (Å²) in [6.07, 6.45) is 7.64. The SMILES string of the molecule is CC(CNCCCCn1ccnc1)C(=O)O. The number of aryl methyl sites for hydroxylation is 1. The Morgan fingerprint density at radius 2 is 2.38 bits per heavy atom. The third kappa shape index (κ3) is 4.93. The Kier molecular flexibility index (Phi) is 5.56. The first-order chi connectivity index (χ1) is 7.70. The van der Waals surface area contributed by atoms with Crippen LogP contribution in [-0.2, 0) is 11.3 Å². The lowest BCUT2D eigenvalue weighted by molar-refractivity contribution is -0.140. The Hall–Kier alpha value is -1.36. The normalized spacial score (nSPS) is 12.6. The molecule has 0 spiro atoms. The van der Waals surface area contributed by atoms with Crippen molar-refractivity contribution >= 4 is 5.97 Å². The molecule has 90 valence electrons. The summed E-state index contributed by atoms with van der Waals surface area (Å²) in [6, 6.07) is 0. The Morgan fingerprint density at radius 1 is 1.56 bits per heavy atom. The lowest BCUT2D eigenvalue weighted by Gasteiger charge is -2.08. The zero-order valence-electron chi connectivity index (χ0n) is 9.59. The Balaban J connectivity index is 1.94. The second kappa shape index (κ2) is 7.00. The van der Waals surface area contributed by atoms with Crippen LogP contribution in [0.25, 0.3) is 0 Å². The zero-order chi connectivity index (χ0) is 11.8. The van der Waals surface area contributed by atoms with E-state index < -0.39 is 5.97 Å². The molecule has 2 N–H and O–H groups in total. The van der Waals surface area contributed by atoms with Crippen LogP contribution >= 0.6 is 0 Å². The van der Waals surface area contributed by atoms with Gasteiger partial charge in [0.25, 0.3) is 0 Å². The van der Waals surface area contributed by atoms with Gasteiger partial charge in [0, 0.05) is 25.5 Å². The smallest absolute Gasteiger partial charge is 0.307 e. The van der Waals surface area contributed by atoms with Gasteiger partial charge < -0.3 is 15.0 Å². The number of hydrogen-bond donors (Lipinski definition) is 2. The second-order valence-corrected chi connectivity index (χ2v) is 3.95. The highest BCUT2D eigenvalue weighted by Gasteiger charge is 2.08. The molecule has 0 aromatic carbocycles. The average molecular weight is 225 g/mol. The van der Waals surface area contributed by atoms with Gasteiger partial charge in [0.15, 0.2) is 0 Å². The standard InChI is InChI=1S/C11H19N3O2/c1-10(11(15)16)8-12-4-2-3-6-14-7-5-13-9-14/h5,7,9-10,12H,2-4,6,8H2,1H3,(H,15,16). The van der Waals surface area contributed by atoms with E-state index in [1.54, 1.807) is 19.4 Å². The minimum atomic E-state index is -0.745. The lowest BCUT2D eigenvalue weighted by atomic mass is 10.2. The molecule has 0 bridgehead atoms. The molecule has 0 aliphatic heterocycles. The molecule has 1 heterocycles. The van der Waals surface area contributed by atoms with Crippen molar-refractivity contribution in [2.24, 2.45) is 5.92 Å². The number of rotatable bonds is 8. The van der Waals surface area contributed by atoms with Crippen molar-refractivity contribution in [2.75, 3.05) is 13.1 Å². The Morgan fingerprint density at radius 3 is 3.00 bits per heavy atom. The van der Waals surface area contributed by atoms with Crippen molar-refractivity contribution in [3.05, 3.63) is 18.7 Å². The van der Waals surface area contributed by atoms with E-state index >= 15 is 0 Å². The summed E-state index contributed by atoms with van der Waals surface area (Å²) >= 11 is 0. The summed E-state index contributed by atoms with van der Waals surface area (Å²) in [5.41, 5.74) is 0. The van der Waals surface area contributed by atoms with Crippen molar-refractivity contribution in [1.82, 2.24) is 14.9 Å². The molecule has 0 amide bonds. The van der Waals surface area contributed by atoms with Gasteiger partial charge in [0.05, 0.1) is 12.2 Å². The highest BCUT2D eigenvalue weighted by atomic mass is 16.4. The van der Waals surface area contributed by atoms with E-state index in [4.69, 9.17) is 5.11 Å². The number of hydrogen-bond acceptors (Lipinski definition) is 3. The van der Waals surface area contributed by atoms with Crippen molar-refractivity contribution in [3.8, 4) is 0 Å². The molecule has 1 aromatic rings. The van der Waals surface area contributed by atoms with E-state index in [0.29, 0.717) is 6.54 Å². The molecule has 0 radical (unpaired) electrons. The van der Waals surface area contributed by atoms with Crippen LogP contribution in [0, 0.1) is 5.92 Å².